The normalized spacial score (nSPS) is 28.3. The smallest absolute Gasteiger partial charge is 0.269 e. The second-order valence-electron chi connectivity index (χ2n) is 9.50. The summed E-state index contributed by atoms with van der Waals surface area (Å²) in [6.45, 7) is 3.55. The van der Waals surface area contributed by atoms with Gasteiger partial charge in [-0.3, -0.25) is 14.6 Å². The number of aromatic nitrogens is 2. The van der Waals surface area contributed by atoms with Gasteiger partial charge in [0.05, 0.1) is 18.3 Å². The van der Waals surface area contributed by atoms with Gasteiger partial charge < -0.3 is 14.6 Å². The van der Waals surface area contributed by atoms with E-state index in [0.29, 0.717) is 19.5 Å². The minimum Gasteiger partial charge on any atom is -0.387 e. The number of likely N-dealkylation sites (tertiary alicyclic amines) is 1. The predicted molar refractivity (Wildman–Crippen MR) is 107 cm³/mol. The number of hydrogen-bond acceptors (Lipinski definition) is 4. The first-order chi connectivity index (χ1) is 13.4. The van der Waals surface area contributed by atoms with E-state index in [4.69, 9.17) is 0 Å². The molecule has 0 bridgehead atoms. The van der Waals surface area contributed by atoms with Crippen LogP contribution in [0.25, 0.3) is 0 Å². The van der Waals surface area contributed by atoms with E-state index in [0.717, 1.165) is 38.0 Å². The highest BCUT2D eigenvalue weighted by molar-refractivity contribution is 5.78. The van der Waals surface area contributed by atoms with Gasteiger partial charge in [0.15, 0.2) is 0 Å². The Morgan fingerprint density at radius 1 is 1.29 bits per heavy atom. The third kappa shape index (κ3) is 3.51. The SMILES string of the molecule is CC(CC1CCC1)C(=O)N1CCC(O)(Cn2ccncc2=O)C2(CCCC2)C1. The number of carbonyl (C=O) groups is 1. The van der Waals surface area contributed by atoms with Crippen molar-refractivity contribution in [1.29, 1.82) is 0 Å². The van der Waals surface area contributed by atoms with Crippen molar-refractivity contribution in [2.24, 2.45) is 17.3 Å². The zero-order chi connectivity index (χ0) is 19.8. The van der Waals surface area contributed by atoms with Gasteiger partial charge in [-0.25, -0.2) is 0 Å². The van der Waals surface area contributed by atoms with Crippen LogP contribution in [0.1, 0.15) is 64.7 Å². The van der Waals surface area contributed by atoms with Gasteiger partial charge >= 0.3 is 0 Å². The molecule has 0 aromatic carbocycles. The fraction of sp³-hybridized carbons (Fsp3) is 0.773. The van der Waals surface area contributed by atoms with E-state index in [-0.39, 0.29) is 29.3 Å². The molecule has 1 spiro atoms. The molecular weight excluding hydrogens is 354 g/mol. The van der Waals surface area contributed by atoms with Crippen LogP contribution in [-0.2, 0) is 11.3 Å². The molecule has 1 amide bonds. The molecule has 4 rings (SSSR count). The molecular formula is C22H33N3O3. The summed E-state index contributed by atoms with van der Waals surface area (Å²) in [7, 11) is 0. The summed E-state index contributed by atoms with van der Waals surface area (Å²) in [5.41, 5.74) is -1.45. The van der Waals surface area contributed by atoms with E-state index >= 15 is 0 Å². The van der Waals surface area contributed by atoms with E-state index in [9.17, 15) is 14.7 Å². The van der Waals surface area contributed by atoms with Crippen LogP contribution in [0.4, 0.5) is 0 Å². The maximum Gasteiger partial charge on any atom is 0.269 e. The average Bonchev–Trinajstić information content (AvgIpc) is 3.12. The Balaban J connectivity index is 1.51. The molecule has 1 N–H and O–H groups in total. The molecule has 1 aromatic rings. The zero-order valence-electron chi connectivity index (χ0n) is 17.0. The van der Waals surface area contributed by atoms with Gasteiger partial charge in [0.1, 0.15) is 0 Å². The fourth-order valence-electron chi connectivity index (χ4n) is 5.71. The number of amides is 1. The van der Waals surface area contributed by atoms with Crippen molar-refractivity contribution in [1.82, 2.24) is 14.5 Å². The monoisotopic (exact) mass is 387 g/mol. The highest BCUT2D eigenvalue weighted by atomic mass is 16.3. The molecule has 6 nitrogen and oxygen atoms in total. The van der Waals surface area contributed by atoms with Crippen molar-refractivity contribution in [3.8, 4) is 0 Å². The second-order valence-corrected chi connectivity index (χ2v) is 9.50. The number of rotatable bonds is 5. The van der Waals surface area contributed by atoms with Crippen LogP contribution in [0.3, 0.4) is 0 Å². The zero-order valence-corrected chi connectivity index (χ0v) is 17.0. The maximum atomic E-state index is 13.1. The van der Waals surface area contributed by atoms with Gasteiger partial charge in [-0.05, 0) is 31.6 Å². The largest absolute Gasteiger partial charge is 0.387 e. The summed E-state index contributed by atoms with van der Waals surface area (Å²) in [6, 6.07) is 0. The fourth-order valence-corrected chi connectivity index (χ4v) is 5.71. The van der Waals surface area contributed by atoms with Crippen LogP contribution in [0.2, 0.25) is 0 Å². The Morgan fingerprint density at radius 2 is 2.04 bits per heavy atom. The van der Waals surface area contributed by atoms with Crippen LogP contribution in [0.5, 0.6) is 0 Å². The lowest BCUT2D eigenvalue weighted by Crippen LogP contribution is -2.62. The van der Waals surface area contributed by atoms with Crippen molar-refractivity contribution in [2.75, 3.05) is 13.1 Å². The number of nitrogens with zero attached hydrogens (tertiary/aromatic N) is 3. The van der Waals surface area contributed by atoms with Crippen LogP contribution in [-0.4, -0.2) is 44.2 Å². The third-order valence-corrected chi connectivity index (χ3v) is 7.71. The summed E-state index contributed by atoms with van der Waals surface area (Å²) >= 11 is 0. The standard InChI is InChI=1S/C22H33N3O3/c1-17(13-18-5-4-6-18)20(27)25-11-9-22(28,21(15-25)7-2-3-8-21)16-24-12-10-23-14-19(24)26/h10,12,14,17-18,28H,2-9,11,13,15-16H2,1H3. The molecule has 154 valence electrons. The third-order valence-electron chi connectivity index (χ3n) is 7.71. The van der Waals surface area contributed by atoms with Gasteiger partial charge in [-0.15, -0.1) is 0 Å². The van der Waals surface area contributed by atoms with Crippen LogP contribution in [0.15, 0.2) is 23.4 Å². The second kappa shape index (κ2) is 7.62. The Hall–Kier alpha value is -1.69. The van der Waals surface area contributed by atoms with Crippen molar-refractivity contribution in [3.63, 3.8) is 0 Å². The van der Waals surface area contributed by atoms with Gasteiger partial charge in [-0.2, -0.15) is 0 Å². The Kier molecular flexibility index (Phi) is 5.34. The molecule has 2 heterocycles. The summed E-state index contributed by atoms with van der Waals surface area (Å²) in [5, 5.41) is 11.7. The first-order valence-electron chi connectivity index (χ1n) is 10.9. The molecule has 3 aliphatic rings. The maximum absolute atomic E-state index is 13.1. The lowest BCUT2D eigenvalue weighted by Gasteiger charge is -2.52. The Labute approximate surface area is 167 Å². The summed E-state index contributed by atoms with van der Waals surface area (Å²) < 4.78 is 1.57. The lowest BCUT2D eigenvalue weighted by molar-refractivity contribution is -0.163. The topological polar surface area (TPSA) is 75.4 Å². The summed E-state index contributed by atoms with van der Waals surface area (Å²) in [6.07, 6.45) is 13.9. The van der Waals surface area contributed by atoms with E-state index < -0.39 is 5.60 Å². The molecule has 1 aromatic heterocycles. The highest BCUT2D eigenvalue weighted by Crippen LogP contribution is 2.51. The summed E-state index contributed by atoms with van der Waals surface area (Å²) in [5.74, 6) is 1.04. The molecule has 3 fully saturated rings. The highest BCUT2D eigenvalue weighted by Gasteiger charge is 2.55. The average molecular weight is 388 g/mol. The van der Waals surface area contributed by atoms with E-state index in [1.807, 2.05) is 4.90 Å². The van der Waals surface area contributed by atoms with Crippen molar-refractivity contribution >= 4 is 5.91 Å². The molecule has 1 aliphatic heterocycles. The van der Waals surface area contributed by atoms with Gasteiger partial charge in [0, 0.05) is 36.8 Å². The van der Waals surface area contributed by atoms with Gasteiger partial charge in [0.2, 0.25) is 5.91 Å². The van der Waals surface area contributed by atoms with E-state index in [1.165, 1.54) is 25.5 Å². The molecule has 6 heteroatoms. The quantitative estimate of drug-likeness (QED) is 0.843. The van der Waals surface area contributed by atoms with Crippen molar-refractivity contribution in [3.05, 3.63) is 28.9 Å². The molecule has 28 heavy (non-hydrogen) atoms. The van der Waals surface area contributed by atoms with Crippen molar-refractivity contribution < 1.29 is 9.90 Å². The van der Waals surface area contributed by atoms with Crippen LogP contribution >= 0.6 is 0 Å². The molecule has 2 aliphatic carbocycles. The minimum absolute atomic E-state index is 0.0674. The van der Waals surface area contributed by atoms with Gasteiger partial charge in [0.25, 0.3) is 5.56 Å². The minimum atomic E-state index is -0.956. The summed E-state index contributed by atoms with van der Waals surface area (Å²) in [4.78, 5) is 31.2. The lowest BCUT2D eigenvalue weighted by atomic mass is 9.65. The van der Waals surface area contributed by atoms with E-state index in [1.54, 1.807) is 17.0 Å². The Bertz CT molecular complexity index is 766. The van der Waals surface area contributed by atoms with Crippen molar-refractivity contribution in [2.45, 2.75) is 76.9 Å². The molecule has 2 saturated carbocycles. The Morgan fingerprint density at radius 3 is 2.68 bits per heavy atom. The molecule has 2 atom stereocenters. The first kappa shape index (κ1) is 19.6. The first-order valence-corrected chi connectivity index (χ1v) is 10.9. The number of aliphatic hydroxyl groups is 1. The number of hydrogen-bond donors (Lipinski definition) is 1. The molecule has 2 unspecified atom stereocenters. The predicted octanol–water partition coefficient (Wildman–Crippen LogP) is 2.59. The molecule has 0 radical (unpaired) electrons. The number of piperidine rings is 1. The molecule has 1 saturated heterocycles. The van der Waals surface area contributed by atoms with Crippen LogP contribution in [0, 0.1) is 17.3 Å². The van der Waals surface area contributed by atoms with Crippen LogP contribution < -0.4 is 5.56 Å². The van der Waals surface area contributed by atoms with Gasteiger partial charge in [-0.1, -0.05) is 39.0 Å². The number of carbonyl (C=O) groups excluding carboxylic acids is 1. The van der Waals surface area contributed by atoms with E-state index in [2.05, 4.69) is 11.9 Å².